The molecule has 1 atom stereocenters. The molecule has 2 aromatic rings. The van der Waals surface area contributed by atoms with Crippen LogP contribution < -0.4 is 10.6 Å². The fourth-order valence-electron chi connectivity index (χ4n) is 2.31. The van der Waals surface area contributed by atoms with E-state index in [0.717, 1.165) is 0 Å². The molecule has 0 aliphatic carbocycles. The molecule has 0 saturated carbocycles. The molecule has 1 aliphatic heterocycles. The van der Waals surface area contributed by atoms with Crippen molar-refractivity contribution in [3.63, 3.8) is 0 Å². The van der Waals surface area contributed by atoms with E-state index in [-0.39, 0.29) is 29.5 Å². The molecule has 1 amide bonds. The summed E-state index contributed by atoms with van der Waals surface area (Å²) in [6.07, 6.45) is -4.43. The highest BCUT2D eigenvalue weighted by atomic mass is 19.4. The van der Waals surface area contributed by atoms with Gasteiger partial charge in [-0.2, -0.15) is 13.2 Å². The lowest BCUT2D eigenvalue weighted by Gasteiger charge is -2.23. The molecule has 1 saturated heterocycles. The number of amides is 1. The Labute approximate surface area is 129 Å². The van der Waals surface area contributed by atoms with Crippen molar-refractivity contribution in [1.29, 1.82) is 0 Å². The molecule has 0 radical (unpaired) electrons. The summed E-state index contributed by atoms with van der Waals surface area (Å²) in [4.78, 5) is 15.3. The molecule has 1 fully saturated rings. The Hall–Kier alpha value is -2.13. The third kappa shape index (κ3) is 3.80. The van der Waals surface area contributed by atoms with Gasteiger partial charge in [-0.05, 0) is 18.2 Å². The van der Waals surface area contributed by atoms with Crippen LogP contribution in [0.5, 0.6) is 0 Å². The first-order valence-corrected chi connectivity index (χ1v) is 7.00. The third-order valence-corrected chi connectivity index (χ3v) is 3.34. The van der Waals surface area contributed by atoms with Crippen LogP contribution in [-0.2, 0) is 15.7 Å². The van der Waals surface area contributed by atoms with E-state index in [4.69, 9.17) is 4.74 Å². The lowest BCUT2D eigenvalue weighted by molar-refractivity contribution is -0.156. The number of hydrogen-bond acceptors (Lipinski definition) is 5. The van der Waals surface area contributed by atoms with E-state index >= 15 is 0 Å². The summed E-state index contributed by atoms with van der Waals surface area (Å²) in [5.41, 5.74) is 0.410. The van der Waals surface area contributed by atoms with Crippen LogP contribution in [0.2, 0.25) is 0 Å². The summed E-state index contributed by atoms with van der Waals surface area (Å²) < 4.78 is 47.6. The van der Waals surface area contributed by atoms with E-state index < -0.39 is 12.1 Å². The number of alkyl halides is 3. The predicted octanol–water partition coefficient (Wildman–Crippen LogP) is 2.16. The molecule has 1 aliphatic rings. The van der Waals surface area contributed by atoms with Crippen LogP contribution in [0.3, 0.4) is 0 Å². The number of nitrogens with zero attached hydrogens (tertiary/aromatic N) is 1. The Kier molecular flexibility index (Phi) is 4.22. The van der Waals surface area contributed by atoms with Gasteiger partial charge in [-0.15, -0.1) is 0 Å². The van der Waals surface area contributed by atoms with Gasteiger partial charge < -0.3 is 19.8 Å². The van der Waals surface area contributed by atoms with E-state index in [0.29, 0.717) is 25.4 Å². The predicted molar refractivity (Wildman–Crippen MR) is 74.9 cm³/mol. The monoisotopic (exact) mass is 329 g/mol. The molecule has 9 heteroatoms. The average Bonchev–Trinajstić information content (AvgIpc) is 2.91. The molecule has 0 spiro atoms. The Morgan fingerprint density at radius 1 is 1.43 bits per heavy atom. The molecular formula is C14H14F3N3O3. The van der Waals surface area contributed by atoms with Gasteiger partial charge in [0.25, 0.3) is 0 Å². The highest BCUT2D eigenvalue weighted by Gasteiger charge is 2.37. The van der Waals surface area contributed by atoms with Gasteiger partial charge in [0.15, 0.2) is 5.58 Å². The molecule has 1 aromatic heterocycles. The highest BCUT2D eigenvalue weighted by molar-refractivity contribution is 5.93. The zero-order valence-corrected chi connectivity index (χ0v) is 11.9. The second-order valence-corrected chi connectivity index (χ2v) is 5.18. The zero-order chi connectivity index (χ0) is 16.4. The summed E-state index contributed by atoms with van der Waals surface area (Å²) in [6, 6.07) is 4.08. The van der Waals surface area contributed by atoms with Gasteiger partial charge in [0.2, 0.25) is 5.91 Å². The minimum Gasteiger partial charge on any atom is -0.433 e. The maximum absolute atomic E-state index is 12.6. The van der Waals surface area contributed by atoms with Crippen molar-refractivity contribution in [3.05, 3.63) is 24.1 Å². The molecule has 2 heterocycles. The number of oxazole rings is 1. The second kappa shape index (κ2) is 6.17. The third-order valence-electron chi connectivity index (χ3n) is 3.34. The summed E-state index contributed by atoms with van der Waals surface area (Å²) in [5.74, 6) is -1.56. The number of carbonyl (C=O) groups excluding carboxylic acids is 1. The number of aromatic nitrogens is 1. The van der Waals surface area contributed by atoms with Crippen LogP contribution in [0.15, 0.2) is 22.6 Å². The molecular weight excluding hydrogens is 315 g/mol. The van der Waals surface area contributed by atoms with Crippen LogP contribution in [0.25, 0.3) is 11.1 Å². The first-order chi connectivity index (χ1) is 10.9. The Morgan fingerprint density at radius 3 is 2.96 bits per heavy atom. The average molecular weight is 329 g/mol. The number of morpholine rings is 1. The van der Waals surface area contributed by atoms with Gasteiger partial charge in [-0.3, -0.25) is 4.79 Å². The maximum atomic E-state index is 12.6. The summed E-state index contributed by atoms with van der Waals surface area (Å²) in [6.45, 7) is 1.75. The largest absolute Gasteiger partial charge is 0.468 e. The SMILES string of the molecule is O=C(CC1COCCN1)Nc1ccc2oc(C(F)(F)F)nc2c1. The molecule has 124 valence electrons. The maximum Gasteiger partial charge on any atom is 0.468 e. The van der Waals surface area contributed by atoms with Gasteiger partial charge in [0, 0.05) is 24.7 Å². The summed E-state index contributed by atoms with van der Waals surface area (Å²) in [7, 11) is 0. The van der Waals surface area contributed by atoms with Crippen molar-refractivity contribution in [3.8, 4) is 0 Å². The fraction of sp³-hybridized carbons (Fsp3) is 0.429. The number of anilines is 1. The number of fused-ring (bicyclic) bond motifs is 1. The second-order valence-electron chi connectivity index (χ2n) is 5.18. The van der Waals surface area contributed by atoms with Crippen molar-refractivity contribution in [2.45, 2.75) is 18.6 Å². The Balaban J connectivity index is 1.69. The summed E-state index contributed by atoms with van der Waals surface area (Å²) in [5, 5.41) is 5.78. The van der Waals surface area contributed by atoms with Crippen molar-refractivity contribution < 1.29 is 27.1 Å². The van der Waals surface area contributed by atoms with Crippen LogP contribution in [0, 0.1) is 0 Å². The van der Waals surface area contributed by atoms with Crippen LogP contribution in [0.4, 0.5) is 18.9 Å². The minimum atomic E-state index is -4.64. The lowest BCUT2D eigenvalue weighted by Crippen LogP contribution is -2.43. The molecule has 1 unspecified atom stereocenters. The Morgan fingerprint density at radius 2 is 2.26 bits per heavy atom. The number of rotatable bonds is 3. The minimum absolute atomic E-state index is 0.0117. The lowest BCUT2D eigenvalue weighted by atomic mass is 10.2. The van der Waals surface area contributed by atoms with E-state index in [1.807, 2.05) is 0 Å². The van der Waals surface area contributed by atoms with Gasteiger partial charge >= 0.3 is 12.1 Å². The first-order valence-electron chi connectivity index (χ1n) is 7.00. The smallest absolute Gasteiger partial charge is 0.433 e. The Bertz CT molecular complexity index is 708. The summed E-state index contributed by atoms with van der Waals surface area (Å²) >= 11 is 0. The van der Waals surface area contributed by atoms with Crippen LogP contribution >= 0.6 is 0 Å². The number of benzene rings is 1. The number of halogens is 3. The van der Waals surface area contributed by atoms with Gasteiger partial charge in [0.05, 0.1) is 13.2 Å². The van der Waals surface area contributed by atoms with E-state index in [1.54, 1.807) is 0 Å². The zero-order valence-electron chi connectivity index (χ0n) is 11.9. The fourth-order valence-corrected chi connectivity index (χ4v) is 2.31. The standard InChI is InChI=1S/C14H14F3N3O3/c15-14(16,17)13-20-10-5-8(1-2-11(10)23-13)19-12(21)6-9-7-22-4-3-18-9/h1-2,5,9,18H,3-4,6-7H2,(H,19,21). The van der Waals surface area contributed by atoms with E-state index in [1.165, 1.54) is 18.2 Å². The van der Waals surface area contributed by atoms with Gasteiger partial charge in [-0.1, -0.05) is 0 Å². The number of ether oxygens (including phenoxy) is 1. The molecule has 2 N–H and O–H groups in total. The highest BCUT2D eigenvalue weighted by Crippen LogP contribution is 2.31. The molecule has 1 aromatic carbocycles. The normalized spacial score (nSPS) is 19.0. The molecule has 23 heavy (non-hydrogen) atoms. The van der Waals surface area contributed by atoms with Crippen LogP contribution in [-0.4, -0.2) is 36.7 Å². The first kappa shape index (κ1) is 15.8. The number of nitrogens with one attached hydrogen (secondary N) is 2. The van der Waals surface area contributed by atoms with Crippen molar-refractivity contribution in [2.24, 2.45) is 0 Å². The van der Waals surface area contributed by atoms with Crippen molar-refractivity contribution in [1.82, 2.24) is 10.3 Å². The van der Waals surface area contributed by atoms with Gasteiger partial charge in [0.1, 0.15) is 5.52 Å². The van der Waals surface area contributed by atoms with Gasteiger partial charge in [-0.25, -0.2) is 4.98 Å². The van der Waals surface area contributed by atoms with Crippen LogP contribution in [0.1, 0.15) is 12.3 Å². The molecule has 3 rings (SSSR count). The van der Waals surface area contributed by atoms with Crippen molar-refractivity contribution >= 4 is 22.7 Å². The van der Waals surface area contributed by atoms with E-state index in [9.17, 15) is 18.0 Å². The van der Waals surface area contributed by atoms with Crippen molar-refractivity contribution in [2.75, 3.05) is 25.1 Å². The number of carbonyl (C=O) groups is 1. The quantitative estimate of drug-likeness (QED) is 0.902. The van der Waals surface area contributed by atoms with E-state index in [2.05, 4.69) is 20.0 Å². The molecule has 0 bridgehead atoms. The number of hydrogen-bond donors (Lipinski definition) is 2. The molecule has 6 nitrogen and oxygen atoms in total. The topological polar surface area (TPSA) is 76.4 Å².